The number of ether oxygens (including phenoxy) is 1. The molecule has 3 aromatic rings. The van der Waals surface area contributed by atoms with Crippen molar-refractivity contribution in [2.45, 2.75) is 26.4 Å². The summed E-state index contributed by atoms with van der Waals surface area (Å²) in [6, 6.07) is 11.2. The van der Waals surface area contributed by atoms with E-state index in [0.717, 1.165) is 22.5 Å². The number of benzene rings is 1. The van der Waals surface area contributed by atoms with Crippen LogP contribution in [0.4, 0.5) is 0 Å². The van der Waals surface area contributed by atoms with Crippen LogP contribution in [0.5, 0.6) is 5.75 Å². The monoisotopic (exact) mass is 412 g/mol. The third-order valence-electron chi connectivity index (χ3n) is 4.56. The summed E-state index contributed by atoms with van der Waals surface area (Å²) in [7, 11) is 1.57. The Bertz CT molecular complexity index is 982. The summed E-state index contributed by atoms with van der Waals surface area (Å²) in [6.45, 7) is 4.38. The van der Waals surface area contributed by atoms with Gasteiger partial charge in [0.1, 0.15) is 5.75 Å². The highest BCUT2D eigenvalue weighted by Crippen LogP contribution is 2.22. The van der Waals surface area contributed by atoms with Gasteiger partial charge >= 0.3 is 11.8 Å². The fourth-order valence-corrected chi connectivity index (χ4v) is 3.85. The molecule has 0 saturated carbocycles. The molecule has 0 bridgehead atoms. The van der Waals surface area contributed by atoms with E-state index in [9.17, 15) is 9.59 Å². The molecule has 0 fully saturated rings. The van der Waals surface area contributed by atoms with Gasteiger partial charge in [-0.25, -0.2) is 0 Å². The lowest BCUT2D eigenvalue weighted by molar-refractivity contribution is -0.139. The number of nitrogens with zero attached hydrogens (tertiary/aromatic N) is 2. The molecular weight excluding hydrogens is 388 g/mol. The second kappa shape index (κ2) is 9.38. The Hall–Kier alpha value is -3.13. The molecular formula is C21H24N4O3S. The molecule has 0 aliphatic heterocycles. The van der Waals surface area contributed by atoms with E-state index in [4.69, 9.17) is 4.74 Å². The van der Waals surface area contributed by atoms with Gasteiger partial charge in [-0.05, 0) is 48.4 Å². The third-order valence-corrected chi connectivity index (χ3v) is 5.26. The number of thiophene rings is 1. The van der Waals surface area contributed by atoms with Crippen LogP contribution in [-0.4, -0.2) is 35.2 Å². The molecule has 2 amide bonds. The van der Waals surface area contributed by atoms with Crippen LogP contribution in [-0.2, 0) is 16.1 Å². The number of methoxy groups -OCH3 is 1. The van der Waals surface area contributed by atoms with Crippen LogP contribution < -0.4 is 15.4 Å². The summed E-state index contributed by atoms with van der Waals surface area (Å²) in [5, 5.41) is 13.9. The number of carbonyl (C=O) groups is 2. The second-order valence-electron chi connectivity index (χ2n) is 6.65. The van der Waals surface area contributed by atoms with Gasteiger partial charge in [-0.2, -0.15) is 16.4 Å². The van der Waals surface area contributed by atoms with Gasteiger partial charge in [-0.1, -0.05) is 18.2 Å². The van der Waals surface area contributed by atoms with Crippen molar-refractivity contribution >= 4 is 23.2 Å². The normalized spacial score (nSPS) is 11.7. The average Bonchev–Trinajstić information content (AvgIpc) is 3.36. The van der Waals surface area contributed by atoms with Crippen molar-refractivity contribution in [1.29, 1.82) is 0 Å². The first-order chi connectivity index (χ1) is 14.0. The van der Waals surface area contributed by atoms with E-state index >= 15 is 0 Å². The van der Waals surface area contributed by atoms with Crippen molar-refractivity contribution in [3.8, 4) is 5.75 Å². The Morgan fingerprint density at radius 1 is 1.17 bits per heavy atom. The first-order valence-corrected chi connectivity index (χ1v) is 10.2. The molecule has 29 heavy (non-hydrogen) atoms. The van der Waals surface area contributed by atoms with Gasteiger partial charge in [0.2, 0.25) is 0 Å². The van der Waals surface area contributed by atoms with Gasteiger partial charge in [-0.3, -0.25) is 14.3 Å². The van der Waals surface area contributed by atoms with E-state index in [1.807, 2.05) is 59.6 Å². The summed E-state index contributed by atoms with van der Waals surface area (Å²) in [6.07, 6.45) is 0. The molecule has 8 heteroatoms. The molecule has 0 spiro atoms. The lowest BCUT2D eigenvalue weighted by Gasteiger charge is -2.19. The van der Waals surface area contributed by atoms with Crippen LogP contribution >= 0.6 is 11.3 Å². The van der Waals surface area contributed by atoms with Crippen molar-refractivity contribution in [1.82, 2.24) is 20.4 Å². The molecule has 2 aromatic heterocycles. The highest BCUT2D eigenvalue weighted by Gasteiger charge is 2.21. The van der Waals surface area contributed by atoms with Crippen LogP contribution in [0.25, 0.3) is 0 Å². The van der Waals surface area contributed by atoms with Crippen LogP contribution in [0.3, 0.4) is 0 Å². The highest BCUT2D eigenvalue weighted by atomic mass is 32.1. The van der Waals surface area contributed by atoms with Gasteiger partial charge in [0.15, 0.2) is 0 Å². The number of rotatable bonds is 7. The van der Waals surface area contributed by atoms with Crippen molar-refractivity contribution in [2.24, 2.45) is 0 Å². The maximum Gasteiger partial charge on any atom is 0.309 e. The zero-order valence-electron chi connectivity index (χ0n) is 16.6. The Morgan fingerprint density at radius 2 is 1.93 bits per heavy atom. The summed E-state index contributed by atoms with van der Waals surface area (Å²) < 4.78 is 7.14. The van der Waals surface area contributed by atoms with Gasteiger partial charge in [-0.15, -0.1) is 0 Å². The smallest absolute Gasteiger partial charge is 0.309 e. The largest absolute Gasteiger partial charge is 0.496 e. The van der Waals surface area contributed by atoms with E-state index in [0.29, 0.717) is 5.75 Å². The number of para-hydroxylation sites is 1. The summed E-state index contributed by atoms with van der Waals surface area (Å²) >= 11 is 1.58. The number of amides is 2. The molecule has 2 N–H and O–H groups in total. The molecule has 0 aliphatic rings. The minimum atomic E-state index is -0.687. The molecule has 152 valence electrons. The molecule has 7 nitrogen and oxygen atoms in total. The molecule has 0 aliphatic carbocycles. The van der Waals surface area contributed by atoms with Crippen molar-refractivity contribution in [3.05, 3.63) is 69.7 Å². The average molecular weight is 413 g/mol. The maximum absolute atomic E-state index is 12.3. The molecule has 0 radical (unpaired) electrons. The lowest BCUT2D eigenvalue weighted by Crippen LogP contribution is -2.42. The molecule has 0 unspecified atom stereocenters. The van der Waals surface area contributed by atoms with Gasteiger partial charge in [0, 0.05) is 24.3 Å². The first kappa shape index (κ1) is 20.6. The highest BCUT2D eigenvalue weighted by molar-refractivity contribution is 7.08. The van der Waals surface area contributed by atoms with Crippen LogP contribution in [0.2, 0.25) is 0 Å². The maximum atomic E-state index is 12.3. The van der Waals surface area contributed by atoms with Gasteiger partial charge in [0.05, 0.1) is 18.8 Å². The quantitative estimate of drug-likeness (QED) is 0.584. The SMILES string of the molecule is COc1ccccc1CNC(=O)C(=O)NC[C@H](c1ccsc1)n1nc(C)cc1C. The van der Waals surface area contributed by atoms with Crippen molar-refractivity contribution in [2.75, 3.05) is 13.7 Å². The lowest BCUT2D eigenvalue weighted by atomic mass is 10.1. The number of hydrogen-bond acceptors (Lipinski definition) is 5. The van der Waals surface area contributed by atoms with Gasteiger partial charge in [0.25, 0.3) is 0 Å². The second-order valence-corrected chi connectivity index (χ2v) is 7.43. The zero-order valence-corrected chi connectivity index (χ0v) is 17.5. The van der Waals surface area contributed by atoms with Crippen molar-refractivity contribution < 1.29 is 14.3 Å². The molecule has 1 aromatic carbocycles. The van der Waals surface area contributed by atoms with Gasteiger partial charge < -0.3 is 15.4 Å². The molecule has 3 rings (SSSR count). The first-order valence-electron chi connectivity index (χ1n) is 9.22. The van der Waals surface area contributed by atoms with E-state index < -0.39 is 11.8 Å². The number of nitrogens with one attached hydrogen (secondary N) is 2. The Labute approximate surface area is 173 Å². The fraction of sp³-hybridized carbons (Fsp3) is 0.286. The minimum Gasteiger partial charge on any atom is -0.496 e. The molecule has 1 atom stereocenters. The third kappa shape index (κ3) is 5.03. The summed E-state index contributed by atoms with van der Waals surface area (Å²) in [5.41, 5.74) is 3.74. The summed E-state index contributed by atoms with van der Waals surface area (Å²) in [4.78, 5) is 24.6. The Balaban J connectivity index is 1.62. The van der Waals surface area contributed by atoms with E-state index in [1.165, 1.54) is 0 Å². The topological polar surface area (TPSA) is 85.2 Å². The number of carbonyl (C=O) groups excluding carboxylic acids is 2. The van der Waals surface area contributed by atoms with E-state index in [1.54, 1.807) is 24.5 Å². The van der Waals surface area contributed by atoms with Crippen molar-refractivity contribution in [3.63, 3.8) is 0 Å². The van der Waals surface area contributed by atoms with E-state index in [2.05, 4.69) is 15.7 Å². The molecule has 0 saturated heterocycles. The number of aryl methyl sites for hydroxylation is 2. The zero-order chi connectivity index (χ0) is 20.8. The Morgan fingerprint density at radius 3 is 2.59 bits per heavy atom. The summed E-state index contributed by atoms with van der Waals surface area (Å²) in [5.74, 6) is -0.703. The predicted molar refractivity (Wildman–Crippen MR) is 112 cm³/mol. The van der Waals surface area contributed by atoms with Crippen LogP contribution in [0.15, 0.2) is 47.2 Å². The Kier molecular flexibility index (Phi) is 6.66. The standard InChI is InChI=1S/C21H24N4O3S/c1-14-10-15(2)25(24-14)18(17-8-9-29-13-17)12-23-21(27)20(26)22-11-16-6-4-5-7-19(16)28-3/h4-10,13,18H,11-12H2,1-3H3,(H,22,26)(H,23,27)/t18-/m1/s1. The minimum absolute atomic E-state index is 0.180. The number of aromatic nitrogens is 2. The van der Waals surface area contributed by atoms with Crippen LogP contribution in [0, 0.1) is 13.8 Å². The van der Waals surface area contributed by atoms with Crippen LogP contribution in [0.1, 0.15) is 28.6 Å². The fourth-order valence-electron chi connectivity index (χ4n) is 3.15. The predicted octanol–water partition coefficient (Wildman–Crippen LogP) is 2.59. The van der Waals surface area contributed by atoms with E-state index in [-0.39, 0.29) is 19.1 Å². The number of hydrogen-bond donors (Lipinski definition) is 2. The molecule has 2 heterocycles.